The molecule has 0 N–H and O–H groups in total. The van der Waals surface area contributed by atoms with Crippen LogP contribution in [0.2, 0.25) is 0 Å². The van der Waals surface area contributed by atoms with Crippen molar-refractivity contribution in [2.45, 2.75) is 19.4 Å². The van der Waals surface area contributed by atoms with E-state index in [0.717, 1.165) is 0 Å². The SMILES string of the molecule is CC(C)(O[SiH3])c1cccc(-c2c(F)c(F)c(F)c(F)c2F)c1. The van der Waals surface area contributed by atoms with Gasteiger partial charge in [0.05, 0.1) is 11.2 Å². The van der Waals surface area contributed by atoms with Gasteiger partial charge in [-0.3, -0.25) is 0 Å². The molecule has 0 amide bonds. The summed E-state index contributed by atoms with van der Waals surface area (Å²) in [6, 6.07) is 5.78. The maximum Gasteiger partial charge on any atom is 0.200 e. The normalized spacial score (nSPS) is 12.0. The lowest BCUT2D eigenvalue weighted by molar-refractivity contribution is 0.123. The van der Waals surface area contributed by atoms with Gasteiger partial charge in [0.15, 0.2) is 23.3 Å². The van der Waals surface area contributed by atoms with Gasteiger partial charge in [-0.15, -0.1) is 0 Å². The molecule has 0 unspecified atom stereocenters. The van der Waals surface area contributed by atoms with Gasteiger partial charge in [-0.25, -0.2) is 22.0 Å². The number of hydrogen-bond acceptors (Lipinski definition) is 1. The lowest BCUT2D eigenvalue weighted by Crippen LogP contribution is -2.20. The van der Waals surface area contributed by atoms with Gasteiger partial charge in [0, 0.05) is 0 Å². The summed E-state index contributed by atoms with van der Waals surface area (Å²) in [6.45, 7) is 3.50. The molecule has 1 nitrogen and oxygen atoms in total. The van der Waals surface area contributed by atoms with E-state index in [2.05, 4.69) is 0 Å². The highest BCUT2D eigenvalue weighted by Gasteiger charge is 2.27. The molecular weight excluding hydrogens is 319 g/mol. The van der Waals surface area contributed by atoms with Gasteiger partial charge < -0.3 is 4.43 Å². The molecule has 0 aromatic heterocycles. The monoisotopic (exact) mass is 332 g/mol. The topological polar surface area (TPSA) is 9.23 Å². The lowest BCUT2D eigenvalue weighted by Gasteiger charge is -2.25. The average Bonchev–Trinajstić information content (AvgIpc) is 2.51. The summed E-state index contributed by atoms with van der Waals surface area (Å²) < 4.78 is 72.8. The van der Waals surface area contributed by atoms with E-state index in [0.29, 0.717) is 16.0 Å². The van der Waals surface area contributed by atoms with Crippen molar-refractivity contribution < 1.29 is 26.4 Å². The second-order valence-electron chi connectivity index (χ2n) is 5.24. The van der Waals surface area contributed by atoms with Gasteiger partial charge >= 0.3 is 0 Å². The molecule has 0 radical (unpaired) electrons. The fourth-order valence-electron chi connectivity index (χ4n) is 2.03. The molecule has 22 heavy (non-hydrogen) atoms. The lowest BCUT2D eigenvalue weighted by atomic mass is 9.94. The van der Waals surface area contributed by atoms with Crippen molar-refractivity contribution in [1.82, 2.24) is 0 Å². The Balaban J connectivity index is 2.71. The zero-order valence-corrected chi connectivity index (χ0v) is 14.1. The smallest absolute Gasteiger partial charge is 0.200 e. The molecule has 0 aliphatic carbocycles. The Morgan fingerprint density at radius 3 is 1.86 bits per heavy atom. The first-order valence-electron chi connectivity index (χ1n) is 6.38. The Morgan fingerprint density at radius 2 is 1.36 bits per heavy atom. The van der Waals surface area contributed by atoms with Gasteiger partial charge in [-0.05, 0) is 31.0 Å². The van der Waals surface area contributed by atoms with E-state index in [1.165, 1.54) is 18.2 Å². The molecule has 0 saturated heterocycles. The summed E-state index contributed by atoms with van der Waals surface area (Å²) >= 11 is 0. The van der Waals surface area contributed by atoms with Crippen LogP contribution in [0.4, 0.5) is 22.0 Å². The van der Waals surface area contributed by atoms with E-state index < -0.39 is 40.3 Å². The highest BCUT2D eigenvalue weighted by atomic mass is 28.2. The first-order valence-corrected chi connectivity index (χ1v) is 7.20. The second kappa shape index (κ2) is 5.81. The Hall–Kier alpha value is -1.73. The van der Waals surface area contributed by atoms with Gasteiger partial charge in [0.2, 0.25) is 5.82 Å². The third kappa shape index (κ3) is 2.66. The van der Waals surface area contributed by atoms with Crippen LogP contribution in [0.5, 0.6) is 0 Å². The molecule has 0 aliphatic rings. The molecule has 0 aliphatic heterocycles. The summed E-state index contributed by atoms with van der Waals surface area (Å²) in [5.41, 5.74) is -1.19. The van der Waals surface area contributed by atoms with Crippen molar-refractivity contribution in [3.8, 4) is 11.1 Å². The van der Waals surface area contributed by atoms with Crippen LogP contribution < -0.4 is 0 Å². The molecule has 0 heterocycles. The summed E-state index contributed by atoms with van der Waals surface area (Å²) in [4.78, 5) is 0. The van der Waals surface area contributed by atoms with E-state index >= 15 is 0 Å². The van der Waals surface area contributed by atoms with E-state index in [1.54, 1.807) is 19.9 Å². The zero-order chi connectivity index (χ0) is 16.7. The third-order valence-electron chi connectivity index (χ3n) is 3.57. The predicted octanol–water partition coefficient (Wildman–Crippen LogP) is 3.58. The van der Waals surface area contributed by atoms with Crippen LogP contribution in [0.1, 0.15) is 19.4 Å². The van der Waals surface area contributed by atoms with Crippen LogP contribution in [0.3, 0.4) is 0 Å². The average molecular weight is 332 g/mol. The highest BCUT2D eigenvalue weighted by Crippen LogP contribution is 2.34. The van der Waals surface area contributed by atoms with Crippen LogP contribution in [-0.2, 0) is 10.0 Å². The standard InChI is InChI=1S/C15H13F5OSi/c1-15(2,21-22)8-5-3-4-7(6-8)9-10(16)12(18)14(20)13(19)11(9)17/h3-6H,1-2,22H3. The third-order valence-corrected chi connectivity index (χ3v) is 4.59. The largest absolute Gasteiger partial charge is 0.419 e. The van der Waals surface area contributed by atoms with Crippen molar-refractivity contribution in [2.75, 3.05) is 0 Å². The number of benzene rings is 2. The second-order valence-corrected chi connectivity index (χ2v) is 5.65. The maximum atomic E-state index is 13.9. The Kier molecular flexibility index (Phi) is 4.39. The number of rotatable bonds is 3. The molecular formula is C15H13F5OSi. The zero-order valence-electron chi connectivity index (χ0n) is 12.1. The van der Waals surface area contributed by atoms with Crippen molar-refractivity contribution in [2.24, 2.45) is 0 Å². The fourth-order valence-corrected chi connectivity index (χ4v) is 2.26. The minimum absolute atomic E-state index is 0.0999. The molecule has 0 spiro atoms. The van der Waals surface area contributed by atoms with Crippen molar-refractivity contribution in [1.29, 1.82) is 0 Å². The first kappa shape index (κ1) is 16.6. The van der Waals surface area contributed by atoms with Crippen molar-refractivity contribution in [3.05, 3.63) is 58.9 Å². The van der Waals surface area contributed by atoms with E-state index in [1.807, 2.05) is 0 Å². The molecule has 2 rings (SSSR count). The molecule has 2 aromatic rings. The van der Waals surface area contributed by atoms with E-state index in [4.69, 9.17) is 4.43 Å². The fraction of sp³-hybridized carbons (Fsp3) is 0.200. The Labute approximate surface area is 127 Å². The molecule has 0 saturated carbocycles. The summed E-state index contributed by atoms with van der Waals surface area (Å²) in [5.74, 6) is -9.79. The van der Waals surface area contributed by atoms with Crippen LogP contribution in [0.15, 0.2) is 24.3 Å². The van der Waals surface area contributed by atoms with Gasteiger partial charge in [0.1, 0.15) is 10.5 Å². The van der Waals surface area contributed by atoms with E-state index in [-0.39, 0.29) is 5.56 Å². The molecule has 0 fully saturated rings. The Morgan fingerprint density at radius 1 is 0.864 bits per heavy atom. The minimum Gasteiger partial charge on any atom is -0.419 e. The molecule has 118 valence electrons. The predicted molar refractivity (Wildman–Crippen MR) is 75.7 cm³/mol. The minimum atomic E-state index is -2.17. The molecule has 7 heteroatoms. The maximum absolute atomic E-state index is 13.9. The van der Waals surface area contributed by atoms with Gasteiger partial charge in [0.25, 0.3) is 0 Å². The van der Waals surface area contributed by atoms with Crippen molar-refractivity contribution >= 4 is 10.5 Å². The van der Waals surface area contributed by atoms with Crippen LogP contribution >= 0.6 is 0 Å². The Bertz CT molecular complexity index is 701. The molecule has 0 bridgehead atoms. The van der Waals surface area contributed by atoms with Gasteiger partial charge in [-0.1, -0.05) is 18.2 Å². The van der Waals surface area contributed by atoms with Crippen LogP contribution in [-0.4, -0.2) is 10.5 Å². The highest BCUT2D eigenvalue weighted by molar-refractivity contribution is 5.98. The van der Waals surface area contributed by atoms with Crippen LogP contribution in [0.25, 0.3) is 11.1 Å². The summed E-state index contributed by atoms with van der Waals surface area (Å²) in [7, 11) is 0.425. The van der Waals surface area contributed by atoms with Gasteiger partial charge in [-0.2, -0.15) is 0 Å². The van der Waals surface area contributed by atoms with Crippen molar-refractivity contribution in [3.63, 3.8) is 0 Å². The van der Waals surface area contributed by atoms with E-state index in [9.17, 15) is 22.0 Å². The van der Waals surface area contributed by atoms with Crippen LogP contribution in [0, 0.1) is 29.1 Å². The number of halogens is 5. The molecule has 2 aromatic carbocycles. The first-order chi connectivity index (χ1) is 10.2. The number of hydrogen-bond donors (Lipinski definition) is 0. The summed E-state index contributed by atoms with van der Waals surface area (Å²) in [6.07, 6.45) is 0. The molecule has 0 atom stereocenters. The summed E-state index contributed by atoms with van der Waals surface area (Å²) in [5, 5.41) is 0. The quantitative estimate of drug-likeness (QED) is 0.361.